The summed E-state index contributed by atoms with van der Waals surface area (Å²) in [5.41, 5.74) is 0.120. The average Bonchev–Trinajstić information content (AvgIpc) is 2.77. The third kappa shape index (κ3) is 3.54. The first-order valence-electron chi connectivity index (χ1n) is 6.66. The van der Waals surface area contributed by atoms with Gasteiger partial charge in [-0.15, -0.1) is 0 Å². The SMILES string of the molecule is COC(O)OCOC(O)C(C)N1C(=O)C(=O)c2cc(F)ccc21. The molecule has 1 aliphatic heterocycles. The molecule has 3 atom stereocenters. The number of ketones is 1. The van der Waals surface area contributed by atoms with Gasteiger partial charge in [-0.1, -0.05) is 0 Å². The molecule has 0 spiro atoms. The number of fused-ring (bicyclic) bond motifs is 1. The van der Waals surface area contributed by atoms with E-state index in [0.29, 0.717) is 0 Å². The highest BCUT2D eigenvalue weighted by Gasteiger charge is 2.41. The van der Waals surface area contributed by atoms with Gasteiger partial charge in [0.25, 0.3) is 18.2 Å². The summed E-state index contributed by atoms with van der Waals surface area (Å²) >= 11 is 0. The van der Waals surface area contributed by atoms with E-state index in [9.17, 15) is 19.1 Å². The number of ether oxygens (including phenoxy) is 3. The fraction of sp³-hybridized carbons (Fsp3) is 0.429. The van der Waals surface area contributed by atoms with Crippen LogP contribution in [-0.4, -0.2) is 54.6 Å². The number of anilines is 1. The van der Waals surface area contributed by atoms with E-state index in [0.717, 1.165) is 17.0 Å². The van der Waals surface area contributed by atoms with Crippen molar-refractivity contribution in [3.05, 3.63) is 29.6 Å². The van der Waals surface area contributed by atoms with Crippen LogP contribution in [0.4, 0.5) is 10.1 Å². The second-order valence-electron chi connectivity index (χ2n) is 4.79. The van der Waals surface area contributed by atoms with E-state index in [4.69, 9.17) is 9.84 Å². The summed E-state index contributed by atoms with van der Waals surface area (Å²) in [4.78, 5) is 24.9. The molecule has 1 aliphatic rings. The topological polar surface area (TPSA) is 106 Å². The highest BCUT2D eigenvalue weighted by molar-refractivity contribution is 6.52. The number of halogens is 1. The molecule has 0 radical (unpaired) electrons. The number of nitrogens with zero attached hydrogens (tertiary/aromatic N) is 1. The summed E-state index contributed by atoms with van der Waals surface area (Å²) in [6.07, 6.45) is -1.51. The number of amides is 1. The number of Topliss-reactive ketones (excluding diaryl/α,β-unsaturated/α-hetero) is 1. The summed E-state index contributed by atoms with van der Waals surface area (Å²) in [6, 6.07) is 2.41. The number of carbonyl (C=O) groups is 2. The molecule has 0 bridgehead atoms. The van der Waals surface area contributed by atoms with Crippen molar-refractivity contribution in [2.75, 3.05) is 18.8 Å². The molecule has 2 N–H and O–H groups in total. The van der Waals surface area contributed by atoms with E-state index in [1.54, 1.807) is 0 Å². The molecule has 0 aromatic heterocycles. The third-order valence-corrected chi connectivity index (χ3v) is 3.35. The standard InChI is InChI=1S/C14H16FNO7/c1-7(13(19)22-6-23-14(20)21-2)16-10-4-3-8(15)5-9(10)11(17)12(16)18/h3-5,7,13-14,19-20H,6H2,1-2H3. The van der Waals surface area contributed by atoms with Crippen LogP contribution in [0, 0.1) is 5.82 Å². The number of rotatable bonds is 7. The van der Waals surface area contributed by atoms with Gasteiger partial charge in [0.05, 0.1) is 17.3 Å². The van der Waals surface area contributed by atoms with E-state index in [1.165, 1.54) is 20.1 Å². The van der Waals surface area contributed by atoms with E-state index in [2.05, 4.69) is 9.47 Å². The monoisotopic (exact) mass is 329 g/mol. The maximum atomic E-state index is 13.2. The Morgan fingerprint density at radius 2 is 1.96 bits per heavy atom. The summed E-state index contributed by atoms with van der Waals surface area (Å²) in [5.74, 6) is -2.39. The number of methoxy groups -OCH3 is 1. The highest BCUT2D eigenvalue weighted by Crippen LogP contribution is 2.32. The van der Waals surface area contributed by atoms with Gasteiger partial charge in [0, 0.05) is 7.11 Å². The van der Waals surface area contributed by atoms with Gasteiger partial charge < -0.3 is 24.4 Å². The van der Waals surface area contributed by atoms with Crippen molar-refractivity contribution in [1.29, 1.82) is 0 Å². The molecule has 8 nitrogen and oxygen atoms in total. The van der Waals surface area contributed by atoms with Gasteiger partial charge in [-0.25, -0.2) is 4.39 Å². The first kappa shape index (κ1) is 17.4. The van der Waals surface area contributed by atoms with Crippen LogP contribution in [-0.2, 0) is 19.0 Å². The minimum absolute atomic E-state index is 0.0693. The van der Waals surface area contributed by atoms with Gasteiger partial charge in [-0.2, -0.15) is 0 Å². The van der Waals surface area contributed by atoms with Gasteiger partial charge in [-0.05, 0) is 25.1 Å². The quantitative estimate of drug-likeness (QED) is 0.535. The molecule has 126 valence electrons. The molecule has 1 aromatic rings. The Labute approximate surface area is 131 Å². The Kier molecular flexibility index (Phi) is 5.39. The summed E-state index contributed by atoms with van der Waals surface area (Å²) < 4.78 is 27.2. The maximum absolute atomic E-state index is 13.2. The summed E-state index contributed by atoms with van der Waals surface area (Å²) in [7, 11) is 1.20. The predicted octanol–water partition coefficient (Wildman–Crippen LogP) is -0.0251. The highest BCUT2D eigenvalue weighted by atomic mass is 19.1. The lowest BCUT2D eigenvalue weighted by Gasteiger charge is -2.28. The molecule has 0 saturated heterocycles. The van der Waals surface area contributed by atoms with Gasteiger partial charge in [0.15, 0.2) is 13.1 Å². The molecule has 1 heterocycles. The number of aliphatic hydroxyl groups excluding tert-OH is 2. The fourth-order valence-electron chi connectivity index (χ4n) is 2.14. The van der Waals surface area contributed by atoms with E-state index >= 15 is 0 Å². The fourth-order valence-corrected chi connectivity index (χ4v) is 2.14. The number of carbonyl (C=O) groups excluding carboxylic acids is 2. The molecule has 0 aliphatic carbocycles. The maximum Gasteiger partial charge on any atom is 0.299 e. The molecule has 2 rings (SSSR count). The lowest BCUT2D eigenvalue weighted by Crippen LogP contribution is -2.46. The van der Waals surface area contributed by atoms with Crippen molar-refractivity contribution in [2.24, 2.45) is 0 Å². The van der Waals surface area contributed by atoms with E-state index in [-0.39, 0.29) is 11.3 Å². The Bertz CT molecular complexity index is 609. The van der Waals surface area contributed by atoms with E-state index in [1.807, 2.05) is 0 Å². The van der Waals surface area contributed by atoms with E-state index < -0.39 is 43.1 Å². The van der Waals surface area contributed by atoms with Crippen LogP contribution in [0.5, 0.6) is 0 Å². The first-order valence-corrected chi connectivity index (χ1v) is 6.66. The van der Waals surface area contributed by atoms with Crippen molar-refractivity contribution in [1.82, 2.24) is 0 Å². The Morgan fingerprint density at radius 3 is 2.61 bits per heavy atom. The molecule has 23 heavy (non-hydrogen) atoms. The molecule has 0 saturated carbocycles. The largest absolute Gasteiger partial charge is 0.366 e. The van der Waals surface area contributed by atoms with Crippen LogP contribution < -0.4 is 4.90 Å². The van der Waals surface area contributed by atoms with Crippen LogP contribution in [0.2, 0.25) is 0 Å². The average molecular weight is 329 g/mol. The van der Waals surface area contributed by atoms with Crippen LogP contribution >= 0.6 is 0 Å². The molecule has 1 amide bonds. The predicted molar refractivity (Wildman–Crippen MR) is 73.7 cm³/mol. The van der Waals surface area contributed by atoms with Crippen molar-refractivity contribution >= 4 is 17.4 Å². The van der Waals surface area contributed by atoms with Crippen LogP contribution in [0.3, 0.4) is 0 Å². The zero-order valence-electron chi connectivity index (χ0n) is 12.4. The van der Waals surface area contributed by atoms with Gasteiger partial charge in [-0.3, -0.25) is 14.5 Å². The van der Waals surface area contributed by atoms with Crippen molar-refractivity contribution in [3.63, 3.8) is 0 Å². The molecular weight excluding hydrogens is 313 g/mol. The van der Waals surface area contributed by atoms with Crippen LogP contribution in [0.25, 0.3) is 0 Å². The Morgan fingerprint density at radius 1 is 1.26 bits per heavy atom. The first-order chi connectivity index (χ1) is 10.9. The van der Waals surface area contributed by atoms with Crippen molar-refractivity contribution in [2.45, 2.75) is 25.7 Å². The molecule has 0 fully saturated rings. The summed E-state index contributed by atoms with van der Waals surface area (Å²) in [5, 5.41) is 18.9. The molecule has 9 heteroatoms. The van der Waals surface area contributed by atoms with Crippen LogP contribution in [0.15, 0.2) is 18.2 Å². The third-order valence-electron chi connectivity index (χ3n) is 3.35. The second kappa shape index (κ2) is 7.11. The molecular formula is C14H16FNO7. The van der Waals surface area contributed by atoms with Crippen LogP contribution in [0.1, 0.15) is 17.3 Å². The Balaban J connectivity index is 2.09. The molecule has 3 unspecified atom stereocenters. The van der Waals surface area contributed by atoms with Crippen molar-refractivity contribution in [3.8, 4) is 0 Å². The van der Waals surface area contributed by atoms with Gasteiger partial charge in [0.1, 0.15) is 5.82 Å². The zero-order chi connectivity index (χ0) is 17.1. The normalized spacial score (nSPS) is 18.0. The molecule has 1 aromatic carbocycles. The zero-order valence-corrected chi connectivity index (χ0v) is 12.4. The van der Waals surface area contributed by atoms with Gasteiger partial charge in [0.2, 0.25) is 0 Å². The lowest BCUT2D eigenvalue weighted by atomic mass is 10.1. The Hall–Kier alpha value is -1.91. The minimum atomic E-state index is -1.52. The lowest BCUT2D eigenvalue weighted by molar-refractivity contribution is -0.300. The summed E-state index contributed by atoms with van der Waals surface area (Å²) in [6.45, 7) is -0.579. The second-order valence-corrected chi connectivity index (χ2v) is 4.79. The number of benzene rings is 1. The number of hydrogen-bond donors (Lipinski definition) is 2. The minimum Gasteiger partial charge on any atom is -0.366 e. The number of aliphatic hydroxyl groups is 2. The van der Waals surface area contributed by atoms with Crippen molar-refractivity contribution < 1.29 is 38.4 Å². The smallest absolute Gasteiger partial charge is 0.299 e. The van der Waals surface area contributed by atoms with Gasteiger partial charge >= 0.3 is 0 Å². The number of hydrogen-bond acceptors (Lipinski definition) is 7.